The minimum absolute atomic E-state index is 0.182. The third-order valence-corrected chi connectivity index (χ3v) is 5.29. The molecule has 9 heteroatoms. The van der Waals surface area contributed by atoms with Crippen LogP contribution in [0.1, 0.15) is 37.5 Å². The topological polar surface area (TPSA) is 71.1 Å². The second-order valence-corrected chi connectivity index (χ2v) is 7.98. The van der Waals surface area contributed by atoms with Crippen LogP contribution in [0.2, 0.25) is 0 Å². The van der Waals surface area contributed by atoms with Crippen LogP contribution in [0.25, 0.3) is 10.9 Å². The molecule has 1 aromatic heterocycles. The Balaban J connectivity index is 1.67. The number of carbonyl (C=O) groups is 2. The Kier molecular flexibility index (Phi) is 6.26. The predicted molar refractivity (Wildman–Crippen MR) is 125 cm³/mol. The minimum atomic E-state index is -4.84. The van der Waals surface area contributed by atoms with Gasteiger partial charge in [0.1, 0.15) is 5.82 Å². The van der Waals surface area contributed by atoms with Crippen LogP contribution in [0.15, 0.2) is 66.7 Å². The first kappa shape index (κ1) is 23.9. The number of anilines is 2. The molecular formula is C26H19F4N3O2. The van der Waals surface area contributed by atoms with Crippen LogP contribution in [0, 0.1) is 19.7 Å². The van der Waals surface area contributed by atoms with Crippen molar-refractivity contribution in [1.29, 1.82) is 0 Å². The van der Waals surface area contributed by atoms with Gasteiger partial charge in [-0.05, 0) is 62.4 Å². The van der Waals surface area contributed by atoms with Crippen LogP contribution >= 0.6 is 0 Å². The molecule has 0 spiro atoms. The maximum Gasteiger partial charge on any atom is 0.418 e. The number of pyridine rings is 1. The summed E-state index contributed by atoms with van der Waals surface area (Å²) < 4.78 is 55.4. The lowest BCUT2D eigenvalue weighted by Crippen LogP contribution is -2.19. The lowest BCUT2D eigenvalue weighted by atomic mass is 10.0. The lowest BCUT2D eigenvalue weighted by Gasteiger charge is -2.17. The van der Waals surface area contributed by atoms with E-state index in [9.17, 15) is 27.2 Å². The van der Waals surface area contributed by atoms with Crippen molar-refractivity contribution >= 4 is 34.1 Å². The molecule has 35 heavy (non-hydrogen) atoms. The van der Waals surface area contributed by atoms with Crippen LogP contribution < -0.4 is 10.6 Å². The Bertz CT molecular complexity index is 1470. The summed E-state index contributed by atoms with van der Waals surface area (Å²) >= 11 is 0. The zero-order valence-electron chi connectivity index (χ0n) is 18.6. The molecule has 0 fully saturated rings. The number of hydrogen-bond donors (Lipinski definition) is 2. The number of nitrogens with one attached hydrogen (secondary N) is 2. The average molecular weight is 481 g/mol. The van der Waals surface area contributed by atoms with E-state index in [0.29, 0.717) is 22.7 Å². The van der Waals surface area contributed by atoms with Crippen LogP contribution in [0.3, 0.4) is 0 Å². The number of hydrogen-bond acceptors (Lipinski definition) is 3. The van der Waals surface area contributed by atoms with E-state index in [-0.39, 0.29) is 16.8 Å². The van der Waals surface area contributed by atoms with E-state index in [2.05, 4.69) is 15.6 Å². The molecule has 0 bridgehead atoms. The van der Waals surface area contributed by atoms with Gasteiger partial charge in [-0.3, -0.25) is 14.6 Å². The first-order valence-electron chi connectivity index (χ1n) is 10.5. The first-order chi connectivity index (χ1) is 16.5. The van der Waals surface area contributed by atoms with Crippen LogP contribution in [0.5, 0.6) is 0 Å². The Hall–Kier alpha value is -4.27. The molecule has 2 amide bonds. The molecule has 4 aromatic rings. The van der Waals surface area contributed by atoms with Gasteiger partial charge >= 0.3 is 6.18 Å². The monoisotopic (exact) mass is 481 g/mol. The van der Waals surface area contributed by atoms with Crippen molar-refractivity contribution in [1.82, 2.24) is 4.98 Å². The first-order valence-corrected chi connectivity index (χ1v) is 10.5. The van der Waals surface area contributed by atoms with E-state index in [0.717, 1.165) is 17.7 Å². The van der Waals surface area contributed by atoms with Crippen LogP contribution in [0.4, 0.5) is 28.9 Å². The molecule has 4 rings (SSSR count). The Morgan fingerprint density at radius 2 is 1.54 bits per heavy atom. The summed E-state index contributed by atoms with van der Waals surface area (Å²) in [4.78, 5) is 29.7. The van der Waals surface area contributed by atoms with E-state index in [1.807, 2.05) is 13.0 Å². The Labute approximate surface area is 197 Å². The normalized spacial score (nSPS) is 11.4. The number of halogens is 4. The quantitative estimate of drug-likeness (QED) is 0.326. The van der Waals surface area contributed by atoms with Gasteiger partial charge in [0.15, 0.2) is 0 Å². The van der Waals surface area contributed by atoms with Crippen LogP contribution in [-0.2, 0) is 6.18 Å². The maximum absolute atomic E-state index is 13.9. The fourth-order valence-electron chi connectivity index (χ4n) is 3.66. The highest BCUT2D eigenvalue weighted by Crippen LogP contribution is 2.37. The number of rotatable bonds is 4. The van der Waals surface area contributed by atoms with Crippen molar-refractivity contribution in [2.45, 2.75) is 20.0 Å². The highest BCUT2D eigenvalue weighted by molar-refractivity contribution is 6.13. The molecule has 0 radical (unpaired) electrons. The van der Waals surface area contributed by atoms with Crippen molar-refractivity contribution in [2.75, 3.05) is 10.6 Å². The molecule has 0 saturated carbocycles. The van der Waals surface area contributed by atoms with Gasteiger partial charge in [0.05, 0.1) is 27.9 Å². The number of amides is 2. The molecule has 178 valence electrons. The standard InChI is InChI=1S/C26H19F4N3O2/c1-14-7-9-22-18(11-14)19(12-15(2)31-22)25(35)33-23-10-8-16(13-20(23)26(28,29)30)32-24(34)17-5-3-4-6-21(17)27/h3-13H,1-2H3,(H,32,34)(H,33,35). The van der Waals surface area contributed by atoms with Crippen molar-refractivity contribution in [2.24, 2.45) is 0 Å². The Morgan fingerprint density at radius 3 is 2.26 bits per heavy atom. The van der Waals surface area contributed by atoms with Crippen LogP contribution in [-0.4, -0.2) is 16.8 Å². The van der Waals surface area contributed by atoms with Gasteiger partial charge in [-0.25, -0.2) is 4.39 Å². The number of aromatic nitrogens is 1. The largest absolute Gasteiger partial charge is 0.418 e. The van der Waals surface area contributed by atoms with Crippen molar-refractivity contribution in [3.8, 4) is 0 Å². The van der Waals surface area contributed by atoms with Crippen molar-refractivity contribution in [3.63, 3.8) is 0 Å². The van der Waals surface area contributed by atoms with E-state index in [1.165, 1.54) is 30.3 Å². The van der Waals surface area contributed by atoms with Crippen molar-refractivity contribution < 1.29 is 27.2 Å². The highest BCUT2D eigenvalue weighted by atomic mass is 19.4. The van der Waals surface area contributed by atoms with Gasteiger partial charge in [0, 0.05) is 16.8 Å². The number of alkyl halides is 3. The second kappa shape index (κ2) is 9.17. The zero-order valence-corrected chi connectivity index (χ0v) is 18.6. The van der Waals surface area contributed by atoms with Gasteiger partial charge < -0.3 is 10.6 Å². The number of aryl methyl sites for hydroxylation is 2. The van der Waals surface area contributed by atoms with Gasteiger partial charge in [-0.15, -0.1) is 0 Å². The SMILES string of the molecule is Cc1ccc2nc(C)cc(C(=O)Nc3ccc(NC(=O)c4ccccc4F)cc3C(F)(F)F)c2c1. The van der Waals surface area contributed by atoms with E-state index in [4.69, 9.17) is 0 Å². The molecule has 0 unspecified atom stereocenters. The molecule has 0 saturated heterocycles. The fourth-order valence-corrected chi connectivity index (χ4v) is 3.66. The van der Waals surface area contributed by atoms with E-state index < -0.39 is 35.1 Å². The molecule has 0 aliphatic rings. The maximum atomic E-state index is 13.9. The molecule has 0 aliphatic carbocycles. The summed E-state index contributed by atoms with van der Waals surface area (Å²) in [5.41, 5.74) is -0.0377. The summed E-state index contributed by atoms with van der Waals surface area (Å²) in [7, 11) is 0. The second-order valence-electron chi connectivity index (χ2n) is 7.98. The highest BCUT2D eigenvalue weighted by Gasteiger charge is 2.34. The zero-order chi connectivity index (χ0) is 25.3. The van der Waals surface area contributed by atoms with Gasteiger partial charge in [0.2, 0.25) is 0 Å². The summed E-state index contributed by atoms with van der Waals surface area (Å²) in [5.74, 6) is -2.44. The summed E-state index contributed by atoms with van der Waals surface area (Å²) in [6.07, 6.45) is -4.84. The van der Waals surface area contributed by atoms with Crippen molar-refractivity contribution in [3.05, 3.63) is 100 Å². The molecule has 0 atom stereocenters. The number of nitrogens with zero attached hydrogens (tertiary/aromatic N) is 1. The van der Waals surface area contributed by atoms with Gasteiger partial charge in [0.25, 0.3) is 11.8 Å². The number of benzene rings is 3. The summed E-state index contributed by atoms with van der Waals surface area (Å²) in [5, 5.41) is 5.11. The molecular weight excluding hydrogens is 462 g/mol. The van der Waals surface area contributed by atoms with E-state index in [1.54, 1.807) is 19.1 Å². The predicted octanol–water partition coefficient (Wildman–Crippen LogP) is 6.51. The van der Waals surface area contributed by atoms with E-state index >= 15 is 0 Å². The molecule has 0 aliphatic heterocycles. The number of carbonyl (C=O) groups excluding carboxylic acids is 2. The van der Waals surface area contributed by atoms with Gasteiger partial charge in [-0.2, -0.15) is 13.2 Å². The molecule has 3 aromatic carbocycles. The molecule has 1 heterocycles. The molecule has 5 nitrogen and oxygen atoms in total. The number of fused-ring (bicyclic) bond motifs is 1. The lowest BCUT2D eigenvalue weighted by molar-refractivity contribution is -0.136. The Morgan fingerprint density at radius 1 is 0.829 bits per heavy atom. The fraction of sp³-hybridized carbons (Fsp3) is 0.115. The summed E-state index contributed by atoms with van der Waals surface area (Å²) in [6, 6.07) is 14.8. The van der Waals surface area contributed by atoms with Gasteiger partial charge in [-0.1, -0.05) is 23.8 Å². The molecule has 2 N–H and O–H groups in total. The third-order valence-electron chi connectivity index (χ3n) is 5.29. The minimum Gasteiger partial charge on any atom is -0.322 e. The smallest absolute Gasteiger partial charge is 0.322 e. The summed E-state index contributed by atoms with van der Waals surface area (Å²) in [6.45, 7) is 3.52. The third kappa shape index (κ3) is 5.13. The average Bonchev–Trinajstić information content (AvgIpc) is 2.79.